The highest BCUT2D eigenvalue weighted by atomic mass is 16.5. The molecule has 0 unspecified atom stereocenters. The maximum Gasteiger partial charge on any atom is 0.119 e. The van der Waals surface area contributed by atoms with Crippen molar-refractivity contribution in [3.05, 3.63) is 29.8 Å². The minimum absolute atomic E-state index is 0.612. The molecule has 3 nitrogen and oxygen atoms in total. The molecule has 0 amide bonds. The first-order valence-corrected chi connectivity index (χ1v) is 8.81. The predicted octanol–water partition coefficient (Wildman–Crippen LogP) is 4.20. The molecule has 0 heterocycles. The van der Waals surface area contributed by atoms with E-state index in [1.165, 1.54) is 50.5 Å². The molecule has 0 aliphatic heterocycles. The van der Waals surface area contributed by atoms with Gasteiger partial charge >= 0.3 is 0 Å². The molecule has 126 valence electrons. The van der Waals surface area contributed by atoms with Gasteiger partial charge in [-0.05, 0) is 37.6 Å². The van der Waals surface area contributed by atoms with Gasteiger partial charge in [-0.25, -0.2) is 0 Å². The Bertz CT molecular complexity index is 316. The average Bonchev–Trinajstić information content (AvgIpc) is 2.55. The van der Waals surface area contributed by atoms with Gasteiger partial charge in [-0.2, -0.15) is 0 Å². The van der Waals surface area contributed by atoms with Crippen LogP contribution in [0, 0.1) is 0 Å². The Morgan fingerprint density at radius 1 is 0.864 bits per heavy atom. The highest BCUT2D eigenvalue weighted by Crippen LogP contribution is 2.15. The molecular formula is C19H33NO2. The van der Waals surface area contributed by atoms with Gasteiger partial charge in [0.15, 0.2) is 0 Å². The van der Waals surface area contributed by atoms with Gasteiger partial charge in [-0.3, -0.25) is 0 Å². The largest absolute Gasteiger partial charge is 0.491 e. The summed E-state index contributed by atoms with van der Waals surface area (Å²) in [5.41, 5.74) is 1.41. The molecule has 1 N–H and O–H groups in total. The number of hydrogen-bond acceptors (Lipinski definition) is 3. The number of unbranched alkanes of at least 4 members (excludes halogenated alkanes) is 5. The molecule has 0 saturated carbocycles. The van der Waals surface area contributed by atoms with E-state index < -0.39 is 0 Å². The Morgan fingerprint density at radius 3 is 2.32 bits per heavy atom. The van der Waals surface area contributed by atoms with Gasteiger partial charge in [-0.1, -0.05) is 51.2 Å². The molecule has 22 heavy (non-hydrogen) atoms. The van der Waals surface area contributed by atoms with Gasteiger partial charge < -0.3 is 14.8 Å². The average molecular weight is 307 g/mol. The molecule has 0 radical (unpaired) electrons. The number of hydrogen-bond donors (Lipinski definition) is 1. The second-order valence-corrected chi connectivity index (χ2v) is 5.73. The molecule has 0 aromatic heterocycles. The van der Waals surface area contributed by atoms with Crippen molar-refractivity contribution in [2.75, 3.05) is 33.4 Å². The van der Waals surface area contributed by atoms with Crippen LogP contribution in [0.25, 0.3) is 0 Å². The zero-order valence-corrected chi connectivity index (χ0v) is 14.4. The fourth-order valence-corrected chi connectivity index (χ4v) is 2.36. The normalized spacial score (nSPS) is 10.8. The second kappa shape index (κ2) is 13.6. The van der Waals surface area contributed by atoms with Crippen molar-refractivity contribution in [1.82, 2.24) is 5.32 Å². The lowest BCUT2D eigenvalue weighted by atomic mass is 10.0. The van der Waals surface area contributed by atoms with E-state index in [2.05, 4.69) is 36.5 Å². The molecule has 0 saturated heterocycles. The first-order chi connectivity index (χ1) is 10.9. The Balaban J connectivity index is 2.07. The van der Waals surface area contributed by atoms with Crippen LogP contribution in [0.5, 0.6) is 5.75 Å². The van der Waals surface area contributed by atoms with E-state index in [-0.39, 0.29) is 0 Å². The lowest BCUT2D eigenvalue weighted by Gasteiger charge is -2.08. The number of likely N-dealkylation sites (N-methyl/N-ethyl adjacent to an activating group) is 1. The third-order valence-electron chi connectivity index (χ3n) is 3.74. The molecule has 0 aliphatic rings. The summed E-state index contributed by atoms with van der Waals surface area (Å²) in [6, 6.07) is 8.51. The SMILES string of the molecule is CCCCCCCCc1ccc(OCCOCCNC)cc1. The Hall–Kier alpha value is -1.06. The molecule has 0 spiro atoms. The van der Waals surface area contributed by atoms with Gasteiger partial charge in [0.2, 0.25) is 0 Å². The molecule has 0 fully saturated rings. The summed E-state index contributed by atoms with van der Waals surface area (Å²) >= 11 is 0. The van der Waals surface area contributed by atoms with Crippen molar-refractivity contribution in [3.63, 3.8) is 0 Å². The van der Waals surface area contributed by atoms with Gasteiger partial charge in [0, 0.05) is 6.54 Å². The van der Waals surface area contributed by atoms with Crippen LogP contribution in [-0.4, -0.2) is 33.4 Å². The topological polar surface area (TPSA) is 30.5 Å². The molecule has 3 heteroatoms. The number of aryl methyl sites for hydroxylation is 1. The van der Waals surface area contributed by atoms with Crippen LogP contribution in [0.15, 0.2) is 24.3 Å². The lowest BCUT2D eigenvalue weighted by Crippen LogP contribution is -2.16. The summed E-state index contributed by atoms with van der Waals surface area (Å²) < 4.78 is 11.1. The van der Waals surface area contributed by atoms with Crippen LogP contribution in [0.3, 0.4) is 0 Å². The van der Waals surface area contributed by atoms with Crippen molar-refractivity contribution in [2.24, 2.45) is 0 Å². The van der Waals surface area contributed by atoms with Crippen LogP contribution >= 0.6 is 0 Å². The summed E-state index contributed by atoms with van der Waals surface area (Å²) in [7, 11) is 1.92. The van der Waals surface area contributed by atoms with Crippen LogP contribution in [-0.2, 0) is 11.2 Å². The fraction of sp³-hybridized carbons (Fsp3) is 0.684. The van der Waals surface area contributed by atoms with Crippen molar-refractivity contribution in [2.45, 2.75) is 51.9 Å². The zero-order valence-electron chi connectivity index (χ0n) is 14.4. The van der Waals surface area contributed by atoms with Crippen LogP contribution in [0.2, 0.25) is 0 Å². The second-order valence-electron chi connectivity index (χ2n) is 5.73. The molecule has 1 aromatic rings. The highest BCUT2D eigenvalue weighted by molar-refractivity contribution is 5.27. The van der Waals surface area contributed by atoms with Crippen molar-refractivity contribution >= 4 is 0 Å². The van der Waals surface area contributed by atoms with Crippen LogP contribution < -0.4 is 10.1 Å². The smallest absolute Gasteiger partial charge is 0.119 e. The van der Waals surface area contributed by atoms with E-state index >= 15 is 0 Å². The van der Waals surface area contributed by atoms with Crippen molar-refractivity contribution in [1.29, 1.82) is 0 Å². The molecule has 0 aliphatic carbocycles. The summed E-state index contributed by atoms with van der Waals surface area (Å²) in [5, 5.41) is 3.05. The quantitative estimate of drug-likeness (QED) is 0.522. The number of benzene rings is 1. The summed E-state index contributed by atoms with van der Waals surface area (Å²) in [4.78, 5) is 0. The van der Waals surface area contributed by atoms with Gasteiger partial charge in [0.05, 0.1) is 13.2 Å². The van der Waals surface area contributed by atoms with Gasteiger partial charge in [-0.15, -0.1) is 0 Å². The molecule has 1 rings (SSSR count). The van der Waals surface area contributed by atoms with E-state index in [9.17, 15) is 0 Å². The molecular weight excluding hydrogens is 274 g/mol. The number of rotatable bonds is 14. The standard InChI is InChI=1S/C19H33NO2/c1-3-4-5-6-7-8-9-18-10-12-19(13-11-18)22-17-16-21-15-14-20-2/h10-13,20H,3-9,14-17H2,1-2H3. The highest BCUT2D eigenvalue weighted by Gasteiger charge is 1.97. The monoisotopic (exact) mass is 307 g/mol. The molecule has 1 aromatic carbocycles. The molecule has 0 bridgehead atoms. The predicted molar refractivity (Wildman–Crippen MR) is 93.8 cm³/mol. The maximum absolute atomic E-state index is 5.67. The Morgan fingerprint density at radius 2 is 1.59 bits per heavy atom. The van der Waals surface area contributed by atoms with Gasteiger partial charge in [0.1, 0.15) is 12.4 Å². The lowest BCUT2D eigenvalue weighted by molar-refractivity contribution is 0.103. The Labute approximate surface area is 136 Å². The fourth-order valence-electron chi connectivity index (χ4n) is 2.36. The minimum Gasteiger partial charge on any atom is -0.491 e. The summed E-state index contributed by atoms with van der Waals surface area (Å²) in [6.07, 6.45) is 9.29. The summed E-state index contributed by atoms with van der Waals surface area (Å²) in [6.45, 7) is 5.13. The van der Waals surface area contributed by atoms with E-state index in [0.717, 1.165) is 18.9 Å². The maximum atomic E-state index is 5.67. The summed E-state index contributed by atoms with van der Waals surface area (Å²) in [5.74, 6) is 0.934. The van der Waals surface area contributed by atoms with E-state index in [0.29, 0.717) is 13.2 Å². The minimum atomic E-state index is 0.612. The number of nitrogens with one attached hydrogen (secondary N) is 1. The van der Waals surface area contributed by atoms with Gasteiger partial charge in [0.25, 0.3) is 0 Å². The van der Waals surface area contributed by atoms with E-state index in [1.54, 1.807) is 0 Å². The Kier molecular flexibility index (Phi) is 11.7. The zero-order chi connectivity index (χ0) is 15.9. The number of ether oxygens (including phenoxy) is 2. The first kappa shape index (κ1) is 19.0. The van der Waals surface area contributed by atoms with E-state index in [4.69, 9.17) is 9.47 Å². The van der Waals surface area contributed by atoms with Crippen molar-refractivity contribution in [3.8, 4) is 5.75 Å². The molecule has 0 atom stereocenters. The third kappa shape index (κ3) is 9.80. The van der Waals surface area contributed by atoms with E-state index in [1.807, 2.05) is 7.05 Å². The van der Waals surface area contributed by atoms with Crippen LogP contribution in [0.1, 0.15) is 51.0 Å². The first-order valence-electron chi connectivity index (χ1n) is 8.81. The third-order valence-corrected chi connectivity index (χ3v) is 3.74. The van der Waals surface area contributed by atoms with Crippen LogP contribution in [0.4, 0.5) is 0 Å². The van der Waals surface area contributed by atoms with Crippen molar-refractivity contribution < 1.29 is 9.47 Å².